The lowest BCUT2D eigenvalue weighted by molar-refractivity contribution is -0.142. The van der Waals surface area contributed by atoms with Gasteiger partial charge in [-0.2, -0.15) is 5.10 Å². The highest BCUT2D eigenvalue weighted by Gasteiger charge is 2.24. The Morgan fingerprint density at radius 2 is 1.97 bits per heavy atom. The third-order valence-electron chi connectivity index (χ3n) is 4.83. The van der Waals surface area contributed by atoms with Gasteiger partial charge in [0.25, 0.3) is 5.91 Å². The molecule has 2 N–H and O–H groups in total. The Bertz CT molecular complexity index is 1200. The predicted octanol–water partition coefficient (Wildman–Crippen LogP) is 3.52. The summed E-state index contributed by atoms with van der Waals surface area (Å²) in [5.74, 6) is -0.927. The van der Waals surface area contributed by atoms with Crippen molar-refractivity contribution >= 4 is 34.4 Å². The van der Waals surface area contributed by atoms with Gasteiger partial charge in [0.2, 0.25) is 0 Å². The number of benzene rings is 2. The molecule has 0 fully saturated rings. The normalized spacial score (nSPS) is 11.9. The molecule has 0 radical (unpaired) electrons. The number of ether oxygens (including phenoxy) is 1. The molecule has 4 aromatic rings. The van der Waals surface area contributed by atoms with E-state index in [-0.39, 0.29) is 0 Å². The van der Waals surface area contributed by atoms with Crippen molar-refractivity contribution in [2.75, 3.05) is 7.11 Å². The number of amides is 1. The molecular formula is C22H19ClN4O3. The molecule has 0 aliphatic carbocycles. The van der Waals surface area contributed by atoms with Gasteiger partial charge in [-0.25, -0.2) is 9.48 Å². The highest BCUT2D eigenvalue weighted by atomic mass is 35.5. The van der Waals surface area contributed by atoms with Crippen LogP contribution in [-0.4, -0.2) is 39.8 Å². The number of carbonyl (C=O) groups excluding carboxylic acids is 2. The molecule has 8 heteroatoms. The van der Waals surface area contributed by atoms with Crippen LogP contribution in [0.4, 0.5) is 0 Å². The van der Waals surface area contributed by atoms with Gasteiger partial charge in [-0.05, 0) is 35.9 Å². The number of para-hydroxylation sites is 1. The Kier molecular flexibility index (Phi) is 5.54. The van der Waals surface area contributed by atoms with Crippen molar-refractivity contribution in [1.29, 1.82) is 0 Å². The zero-order valence-corrected chi connectivity index (χ0v) is 16.9. The monoisotopic (exact) mass is 422 g/mol. The minimum absolute atomic E-state index is 0.299. The zero-order chi connectivity index (χ0) is 21.1. The molecule has 30 heavy (non-hydrogen) atoms. The number of carbonyl (C=O) groups is 2. The van der Waals surface area contributed by atoms with Gasteiger partial charge in [-0.15, -0.1) is 0 Å². The van der Waals surface area contributed by atoms with Crippen molar-refractivity contribution in [1.82, 2.24) is 20.1 Å². The highest BCUT2D eigenvalue weighted by Crippen LogP contribution is 2.20. The van der Waals surface area contributed by atoms with Crippen LogP contribution in [0, 0.1) is 0 Å². The van der Waals surface area contributed by atoms with E-state index in [4.69, 9.17) is 16.3 Å². The summed E-state index contributed by atoms with van der Waals surface area (Å²) in [4.78, 5) is 28.3. The van der Waals surface area contributed by atoms with Crippen LogP contribution in [0.3, 0.4) is 0 Å². The van der Waals surface area contributed by atoms with E-state index in [2.05, 4.69) is 15.4 Å². The lowest BCUT2D eigenvalue weighted by Crippen LogP contribution is -2.43. The molecule has 7 nitrogen and oxygen atoms in total. The zero-order valence-electron chi connectivity index (χ0n) is 16.1. The van der Waals surface area contributed by atoms with Crippen LogP contribution in [0.15, 0.2) is 67.1 Å². The molecule has 0 spiro atoms. The molecule has 0 unspecified atom stereocenters. The number of aromatic amines is 1. The van der Waals surface area contributed by atoms with Gasteiger partial charge in [-0.1, -0.05) is 29.8 Å². The first-order chi connectivity index (χ1) is 14.5. The minimum atomic E-state index is -0.833. The lowest BCUT2D eigenvalue weighted by Gasteiger charge is -2.15. The SMILES string of the molecule is COC(=O)[C@@H](Cc1c[nH]c2ccccc12)NC(=O)c1cnn(-c2ccc(Cl)cc2)c1. The molecule has 0 bridgehead atoms. The number of rotatable bonds is 6. The van der Waals surface area contributed by atoms with Crippen molar-refractivity contribution in [2.45, 2.75) is 12.5 Å². The van der Waals surface area contributed by atoms with Crippen molar-refractivity contribution < 1.29 is 14.3 Å². The van der Waals surface area contributed by atoms with Gasteiger partial charge in [0, 0.05) is 34.7 Å². The van der Waals surface area contributed by atoms with Gasteiger partial charge < -0.3 is 15.0 Å². The molecule has 1 atom stereocenters. The summed E-state index contributed by atoms with van der Waals surface area (Å²) in [5, 5.41) is 8.59. The molecule has 2 heterocycles. The van der Waals surface area contributed by atoms with E-state index in [1.165, 1.54) is 13.3 Å². The van der Waals surface area contributed by atoms with Gasteiger partial charge >= 0.3 is 5.97 Å². The molecule has 4 rings (SSSR count). The first-order valence-corrected chi connectivity index (χ1v) is 9.67. The fourth-order valence-electron chi connectivity index (χ4n) is 3.27. The van der Waals surface area contributed by atoms with E-state index in [9.17, 15) is 9.59 Å². The number of aromatic nitrogens is 3. The van der Waals surface area contributed by atoms with Crippen LogP contribution in [0.2, 0.25) is 5.02 Å². The van der Waals surface area contributed by atoms with E-state index < -0.39 is 17.9 Å². The average Bonchev–Trinajstić information content (AvgIpc) is 3.41. The van der Waals surface area contributed by atoms with Crippen molar-refractivity contribution in [3.63, 3.8) is 0 Å². The molecule has 2 aromatic carbocycles. The smallest absolute Gasteiger partial charge is 0.328 e. The van der Waals surface area contributed by atoms with E-state index in [0.29, 0.717) is 17.0 Å². The van der Waals surface area contributed by atoms with Crippen LogP contribution in [0.1, 0.15) is 15.9 Å². The molecule has 0 saturated carbocycles. The second kappa shape index (κ2) is 8.42. The number of H-pyrrole nitrogens is 1. The van der Waals surface area contributed by atoms with E-state index in [0.717, 1.165) is 22.2 Å². The van der Waals surface area contributed by atoms with Crippen molar-refractivity contribution in [3.8, 4) is 5.69 Å². The average molecular weight is 423 g/mol. The number of nitrogens with one attached hydrogen (secondary N) is 2. The van der Waals surface area contributed by atoms with Crippen molar-refractivity contribution in [2.24, 2.45) is 0 Å². The summed E-state index contributed by atoms with van der Waals surface area (Å²) in [7, 11) is 1.30. The predicted molar refractivity (Wildman–Crippen MR) is 114 cm³/mol. The fourth-order valence-corrected chi connectivity index (χ4v) is 3.40. The Labute approximate surface area is 177 Å². The number of hydrogen-bond donors (Lipinski definition) is 2. The van der Waals surface area contributed by atoms with E-state index in [1.807, 2.05) is 30.5 Å². The van der Waals surface area contributed by atoms with Crippen molar-refractivity contribution in [3.05, 3.63) is 83.3 Å². The minimum Gasteiger partial charge on any atom is -0.467 e. The highest BCUT2D eigenvalue weighted by molar-refractivity contribution is 6.30. The number of nitrogens with zero attached hydrogens (tertiary/aromatic N) is 2. The van der Waals surface area contributed by atoms with Gasteiger partial charge in [0.1, 0.15) is 6.04 Å². The third-order valence-corrected chi connectivity index (χ3v) is 5.08. The first-order valence-electron chi connectivity index (χ1n) is 9.29. The maximum Gasteiger partial charge on any atom is 0.328 e. The molecule has 0 aliphatic heterocycles. The number of methoxy groups -OCH3 is 1. The Balaban J connectivity index is 1.53. The molecular weight excluding hydrogens is 404 g/mol. The summed E-state index contributed by atoms with van der Waals surface area (Å²) in [6.45, 7) is 0. The number of hydrogen-bond acceptors (Lipinski definition) is 4. The third kappa shape index (κ3) is 4.06. The largest absolute Gasteiger partial charge is 0.467 e. The quantitative estimate of drug-likeness (QED) is 0.465. The summed E-state index contributed by atoms with van der Waals surface area (Å²) in [6, 6.07) is 14.0. The fraction of sp³-hybridized carbons (Fsp3) is 0.136. The second-order valence-corrected chi connectivity index (χ2v) is 7.20. The van der Waals surface area contributed by atoms with Crippen LogP contribution in [0.25, 0.3) is 16.6 Å². The molecule has 2 aromatic heterocycles. The Morgan fingerprint density at radius 3 is 2.73 bits per heavy atom. The molecule has 0 aliphatic rings. The molecule has 0 saturated heterocycles. The first kappa shape index (κ1) is 19.7. The van der Waals surface area contributed by atoms with Crippen LogP contribution >= 0.6 is 11.6 Å². The lowest BCUT2D eigenvalue weighted by atomic mass is 10.0. The van der Waals surface area contributed by atoms with Crippen LogP contribution in [-0.2, 0) is 16.0 Å². The second-order valence-electron chi connectivity index (χ2n) is 6.76. The summed E-state index contributed by atoms with van der Waals surface area (Å²) in [5.41, 5.74) is 2.98. The number of fused-ring (bicyclic) bond motifs is 1. The molecule has 152 valence electrons. The Morgan fingerprint density at radius 1 is 1.20 bits per heavy atom. The van der Waals surface area contributed by atoms with Crippen LogP contribution in [0.5, 0.6) is 0 Å². The maximum absolute atomic E-state index is 12.8. The van der Waals surface area contributed by atoms with Gasteiger partial charge in [0.15, 0.2) is 0 Å². The summed E-state index contributed by atoms with van der Waals surface area (Å²) < 4.78 is 6.47. The van der Waals surface area contributed by atoms with Gasteiger partial charge in [-0.3, -0.25) is 4.79 Å². The summed E-state index contributed by atoms with van der Waals surface area (Å²) in [6.07, 6.45) is 5.18. The van der Waals surface area contributed by atoms with Gasteiger partial charge in [0.05, 0.1) is 24.6 Å². The number of halogens is 1. The summed E-state index contributed by atoms with van der Waals surface area (Å²) >= 11 is 5.91. The van der Waals surface area contributed by atoms with E-state index >= 15 is 0 Å². The molecule has 1 amide bonds. The Hall–Kier alpha value is -3.58. The van der Waals surface area contributed by atoms with E-state index in [1.54, 1.807) is 35.1 Å². The topological polar surface area (TPSA) is 89.0 Å². The van der Waals surface area contributed by atoms with Crippen LogP contribution < -0.4 is 5.32 Å². The number of esters is 1. The maximum atomic E-state index is 12.8. The standard InChI is InChI=1S/C22H19ClN4O3/c1-30-22(29)20(10-14-11-24-19-5-3-2-4-18(14)19)26-21(28)15-12-25-27(13-15)17-8-6-16(23)7-9-17/h2-9,11-13,20,24H,10H2,1H3,(H,26,28)/t20-/m1/s1.